The monoisotopic (exact) mass is 507 g/mol. The molecular weight excluding hydrogens is 494 g/mol. The zero-order chi connectivity index (χ0) is 23.2. The summed E-state index contributed by atoms with van der Waals surface area (Å²) < 4.78 is 6.89. The molecule has 168 valence electrons. The number of hydrogen-bond acceptors (Lipinski definition) is 7. The number of amides is 1. The number of benzene rings is 2. The lowest BCUT2D eigenvalue weighted by molar-refractivity contribution is -0.115. The van der Waals surface area contributed by atoms with Crippen LogP contribution in [0.1, 0.15) is 0 Å². The topological polar surface area (TPSA) is 96.5 Å². The second-order valence-corrected chi connectivity index (χ2v) is 9.78. The fourth-order valence-corrected chi connectivity index (χ4v) is 5.69. The minimum Gasteiger partial charge on any atom is -0.461 e. The number of carbonyl (C=O) groups excluding carboxylic acids is 1. The van der Waals surface area contributed by atoms with Crippen LogP contribution in [0.15, 0.2) is 91.1 Å². The third-order valence-corrected chi connectivity index (χ3v) is 7.42. The van der Waals surface area contributed by atoms with Gasteiger partial charge >= 0.3 is 0 Å². The van der Waals surface area contributed by atoms with E-state index in [1.165, 1.54) is 28.6 Å². The van der Waals surface area contributed by atoms with Gasteiger partial charge in [0.25, 0.3) is 5.56 Å². The maximum atomic E-state index is 13.6. The molecule has 3 aromatic heterocycles. The van der Waals surface area contributed by atoms with Crippen molar-refractivity contribution in [2.24, 2.45) is 0 Å². The quantitative estimate of drug-likeness (QED) is 0.332. The molecule has 5 aromatic rings. The van der Waals surface area contributed by atoms with Crippen LogP contribution >= 0.6 is 35.1 Å². The van der Waals surface area contributed by atoms with Gasteiger partial charge in [-0.2, -0.15) is 4.98 Å². The van der Waals surface area contributed by atoms with Crippen molar-refractivity contribution in [3.8, 4) is 11.6 Å². The van der Waals surface area contributed by atoms with Crippen LogP contribution in [-0.2, 0) is 4.79 Å². The van der Waals surface area contributed by atoms with E-state index in [-0.39, 0.29) is 17.2 Å². The van der Waals surface area contributed by atoms with Crippen molar-refractivity contribution in [3.63, 3.8) is 0 Å². The molecule has 2 aromatic carbocycles. The Labute approximate surface area is 205 Å². The number of H-pyrrole nitrogens is 1. The number of anilines is 2. The first-order chi connectivity index (χ1) is 16.6. The molecule has 0 aliphatic carbocycles. The molecule has 0 radical (unpaired) electrons. The Morgan fingerprint density at radius 1 is 1.06 bits per heavy atom. The summed E-state index contributed by atoms with van der Waals surface area (Å²) in [6, 6.07) is 18.1. The van der Waals surface area contributed by atoms with Gasteiger partial charge < -0.3 is 4.42 Å². The normalized spacial score (nSPS) is 12.6. The Morgan fingerprint density at radius 3 is 2.76 bits per heavy atom. The number of para-hydroxylation sites is 1. The third kappa shape index (κ3) is 3.69. The first-order valence-corrected chi connectivity index (χ1v) is 12.3. The van der Waals surface area contributed by atoms with Gasteiger partial charge in [0.05, 0.1) is 23.4 Å². The zero-order valence-corrected chi connectivity index (χ0v) is 19.7. The van der Waals surface area contributed by atoms with Crippen molar-refractivity contribution in [2.75, 3.05) is 10.7 Å². The Hall–Kier alpha value is -3.47. The molecule has 0 atom stereocenters. The number of nitrogens with one attached hydrogen (secondary N) is 1. The van der Waals surface area contributed by atoms with Gasteiger partial charge in [0.1, 0.15) is 0 Å². The van der Waals surface area contributed by atoms with E-state index in [9.17, 15) is 9.59 Å². The largest absolute Gasteiger partial charge is 0.461 e. The summed E-state index contributed by atoms with van der Waals surface area (Å²) in [6.45, 7) is 0. The summed E-state index contributed by atoms with van der Waals surface area (Å²) in [7, 11) is 0. The lowest BCUT2D eigenvalue weighted by Crippen LogP contribution is -2.30. The van der Waals surface area contributed by atoms with Gasteiger partial charge in [-0.15, -0.1) is 0 Å². The highest BCUT2D eigenvalue weighted by Crippen LogP contribution is 2.49. The third-order valence-electron chi connectivity index (χ3n) is 5.13. The molecular formula is C23H14ClN5O3S2. The molecule has 1 amide bonds. The fourth-order valence-electron chi connectivity index (χ4n) is 3.68. The summed E-state index contributed by atoms with van der Waals surface area (Å²) in [5.74, 6) is 0.710. The molecule has 0 saturated heterocycles. The summed E-state index contributed by atoms with van der Waals surface area (Å²) in [5, 5.41) is 3.65. The minimum absolute atomic E-state index is 0.0644. The molecule has 0 unspecified atom stereocenters. The average Bonchev–Trinajstić information content (AvgIpc) is 3.50. The molecule has 0 saturated carbocycles. The second-order valence-electron chi connectivity index (χ2n) is 7.32. The van der Waals surface area contributed by atoms with Crippen molar-refractivity contribution in [1.29, 1.82) is 0 Å². The second kappa shape index (κ2) is 8.39. The maximum Gasteiger partial charge on any atom is 0.266 e. The predicted octanol–water partition coefficient (Wildman–Crippen LogP) is 5.25. The summed E-state index contributed by atoms with van der Waals surface area (Å²) >= 11 is 9.06. The lowest BCUT2D eigenvalue weighted by atomic mass is 10.2. The Bertz CT molecular complexity index is 1610. The number of rotatable bonds is 4. The first kappa shape index (κ1) is 21.1. The van der Waals surface area contributed by atoms with Crippen LogP contribution in [0.25, 0.3) is 17.2 Å². The van der Waals surface area contributed by atoms with E-state index >= 15 is 0 Å². The van der Waals surface area contributed by atoms with E-state index < -0.39 is 0 Å². The molecule has 6 rings (SSSR count). The van der Waals surface area contributed by atoms with Crippen LogP contribution in [0.2, 0.25) is 5.02 Å². The van der Waals surface area contributed by atoms with Gasteiger partial charge in [-0.1, -0.05) is 47.3 Å². The van der Waals surface area contributed by atoms with Gasteiger partial charge in [-0.25, -0.2) is 9.50 Å². The van der Waals surface area contributed by atoms with Gasteiger partial charge in [0, 0.05) is 20.9 Å². The zero-order valence-electron chi connectivity index (χ0n) is 17.3. The molecule has 4 heterocycles. The van der Waals surface area contributed by atoms with Crippen molar-refractivity contribution in [3.05, 3.63) is 82.3 Å². The molecule has 0 fully saturated rings. The lowest BCUT2D eigenvalue weighted by Gasteiger charge is -2.31. The van der Waals surface area contributed by atoms with Crippen LogP contribution in [0.3, 0.4) is 0 Å². The summed E-state index contributed by atoms with van der Waals surface area (Å²) in [4.78, 5) is 38.1. The number of halogens is 1. The molecule has 1 aliphatic rings. The number of hydrogen-bond donors (Lipinski definition) is 1. The number of aromatic amines is 1. The van der Waals surface area contributed by atoms with Crippen molar-refractivity contribution in [2.45, 2.75) is 14.9 Å². The first-order valence-electron chi connectivity index (χ1n) is 10.1. The van der Waals surface area contributed by atoms with Gasteiger partial charge in [-0.3, -0.25) is 19.6 Å². The van der Waals surface area contributed by atoms with Gasteiger partial charge in [0.15, 0.2) is 22.4 Å². The highest BCUT2D eigenvalue weighted by Gasteiger charge is 2.28. The van der Waals surface area contributed by atoms with E-state index in [0.717, 1.165) is 21.2 Å². The highest BCUT2D eigenvalue weighted by atomic mass is 35.5. The number of fused-ring (bicyclic) bond motifs is 3. The minimum atomic E-state index is -0.315. The van der Waals surface area contributed by atoms with Crippen LogP contribution in [0.5, 0.6) is 0 Å². The smallest absolute Gasteiger partial charge is 0.266 e. The van der Waals surface area contributed by atoms with Crippen LogP contribution in [0, 0.1) is 0 Å². The predicted molar refractivity (Wildman–Crippen MR) is 131 cm³/mol. The Kier molecular flexibility index (Phi) is 5.20. The van der Waals surface area contributed by atoms with E-state index in [1.807, 2.05) is 36.4 Å². The SMILES string of the molecule is O=C(CSc1nc(-c2ccco2)nc2cc(=O)[nH]n12)N1c2ccccc2Sc2ccc(Cl)cc21. The Morgan fingerprint density at radius 2 is 1.91 bits per heavy atom. The number of carbonyl (C=O) groups is 1. The van der Waals surface area contributed by atoms with Gasteiger partial charge in [-0.05, 0) is 42.5 Å². The molecule has 34 heavy (non-hydrogen) atoms. The standard InChI is InChI=1S/C23H14ClN5O3S2/c24-13-7-8-18-15(10-13)28(14-4-1-2-6-17(14)34-18)21(31)12-33-23-26-22(16-5-3-9-32-16)25-19-11-20(30)27-29(19)23/h1-11H,12H2,(H,27,30). The molecule has 8 nitrogen and oxygen atoms in total. The van der Waals surface area contributed by atoms with E-state index in [2.05, 4.69) is 15.1 Å². The van der Waals surface area contributed by atoms with Crippen LogP contribution in [0.4, 0.5) is 11.4 Å². The number of aromatic nitrogens is 4. The van der Waals surface area contributed by atoms with Crippen LogP contribution < -0.4 is 10.5 Å². The Balaban J connectivity index is 1.37. The van der Waals surface area contributed by atoms with Crippen molar-refractivity contribution >= 4 is 58.1 Å². The molecule has 1 aliphatic heterocycles. The van der Waals surface area contributed by atoms with Crippen LogP contribution in [-0.4, -0.2) is 31.2 Å². The number of thioether (sulfide) groups is 1. The molecule has 0 bridgehead atoms. The van der Waals surface area contributed by atoms with E-state index in [1.54, 1.807) is 34.9 Å². The van der Waals surface area contributed by atoms with Crippen molar-refractivity contribution in [1.82, 2.24) is 19.6 Å². The fraction of sp³-hybridized carbons (Fsp3) is 0.0435. The van der Waals surface area contributed by atoms with Gasteiger partial charge in [0.2, 0.25) is 5.91 Å². The van der Waals surface area contributed by atoms with E-state index in [4.69, 9.17) is 16.0 Å². The number of nitrogens with zero attached hydrogens (tertiary/aromatic N) is 4. The maximum absolute atomic E-state index is 13.6. The van der Waals surface area contributed by atoms with Crippen molar-refractivity contribution < 1.29 is 9.21 Å². The van der Waals surface area contributed by atoms with E-state index in [0.29, 0.717) is 27.4 Å². The summed E-state index contributed by atoms with van der Waals surface area (Å²) in [5.41, 5.74) is 1.61. The summed E-state index contributed by atoms with van der Waals surface area (Å²) in [6.07, 6.45) is 1.52. The molecule has 11 heteroatoms. The number of furan rings is 1. The molecule has 0 spiro atoms. The molecule has 1 N–H and O–H groups in total. The highest BCUT2D eigenvalue weighted by molar-refractivity contribution is 8.00. The average molecular weight is 508 g/mol.